The number of carboxylic acid groups (broad SMARTS) is 1. The van der Waals surface area contributed by atoms with Crippen molar-refractivity contribution in [1.82, 2.24) is 5.32 Å². The number of thioether (sulfide) groups is 1. The molecular weight excluding hydrogens is 186 g/mol. The van der Waals surface area contributed by atoms with E-state index in [1.807, 2.05) is 11.8 Å². The Morgan fingerprint density at radius 3 is 2.62 bits per heavy atom. The van der Waals surface area contributed by atoms with E-state index in [1.54, 1.807) is 13.8 Å². The van der Waals surface area contributed by atoms with Gasteiger partial charge in [-0.05, 0) is 38.8 Å². The Morgan fingerprint density at radius 2 is 2.15 bits per heavy atom. The quantitative estimate of drug-likeness (QED) is 0.617. The van der Waals surface area contributed by atoms with E-state index >= 15 is 0 Å². The van der Waals surface area contributed by atoms with Crippen LogP contribution < -0.4 is 5.32 Å². The van der Waals surface area contributed by atoms with Gasteiger partial charge in [0, 0.05) is 6.54 Å². The highest BCUT2D eigenvalue weighted by Crippen LogP contribution is 2.12. The van der Waals surface area contributed by atoms with Crippen LogP contribution in [0.4, 0.5) is 0 Å². The largest absolute Gasteiger partial charge is 0.481 e. The minimum Gasteiger partial charge on any atom is -0.481 e. The van der Waals surface area contributed by atoms with E-state index in [2.05, 4.69) is 11.6 Å². The van der Waals surface area contributed by atoms with E-state index in [-0.39, 0.29) is 0 Å². The zero-order chi connectivity index (χ0) is 10.3. The molecule has 0 aliphatic rings. The minimum absolute atomic E-state index is 0.538. The molecule has 0 aromatic heterocycles. The first-order valence-corrected chi connectivity index (χ1v) is 5.83. The molecule has 13 heavy (non-hydrogen) atoms. The van der Waals surface area contributed by atoms with E-state index in [1.165, 1.54) is 0 Å². The van der Waals surface area contributed by atoms with Gasteiger partial charge in [0.15, 0.2) is 0 Å². The molecule has 0 saturated heterocycles. The summed E-state index contributed by atoms with van der Waals surface area (Å²) in [6.07, 6.45) is 3.16. The van der Waals surface area contributed by atoms with Gasteiger partial charge in [-0.2, -0.15) is 11.8 Å². The maximum atomic E-state index is 10.7. The third-order valence-corrected chi connectivity index (χ3v) is 2.54. The zero-order valence-electron chi connectivity index (χ0n) is 8.59. The fourth-order valence-corrected chi connectivity index (χ4v) is 1.25. The summed E-state index contributed by atoms with van der Waals surface area (Å²) >= 11 is 1.81. The lowest BCUT2D eigenvalue weighted by Gasteiger charge is -2.19. The zero-order valence-corrected chi connectivity index (χ0v) is 9.41. The highest BCUT2D eigenvalue weighted by atomic mass is 32.2. The Balaban J connectivity index is 3.46. The van der Waals surface area contributed by atoms with E-state index in [4.69, 9.17) is 5.11 Å². The lowest BCUT2D eigenvalue weighted by molar-refractivity contribution is -0.146. The Hall–Kier alpha value is -0.220. The second-order valence-electron chi connectivity index (χ2n) is 3.71. The van der Waals surface area contributed by atoms with Gasteiger partial charge in [-0.15, -0.1) is 0 Å². The van der Waals surface area contributed by atoms with Gasteiger partial charge in [0.2, 0.25) is 0 Å². The van der Waals surface area contributed by atoms with Crippen molar-refractivity contribution in [2.45, 2.75) is 20.3 Å². The van der Waals surface area contributed by atoms with Crippen LogP contribution in [0.5, 0.6) is 0 Å². The highest BCUT2D eigenvalue weighted by molar-refractivity contribution is 7.98. The van der Waals surface area contributed by atoms with Crippen molar-refractivity contribution in [3.63, 3.8) is 0 Å². The van der Waals surface area contributed by atoms with Gasteiger partial charge >= 0.3 is 5.97 Å². The SMILES string of the molecule is CSCCCNCC(C)(C)C(=O)O. The summed E-state index contributed by atoms with van der Waals surface area (Å²) in [6.45, 7) is 4.90. The van der Waals surface area contributed by atoms with E-state index in [0.29, 0.717) is 6.54 Å². The van der Waals surface area contributed by atoms with Gasteiger partial charge < -0.3 is 10.4 Å². The van der Waals surface area contributed by atoms with Gasteiger partial charge in [-0.3, -0.25) is 4.79 Å². The molecule has 4 heteroatoms. The third kappa shape index (κ3) is 5.93. The summed E-state index contributed by atoms with van der Waals surface area (Å²) in [6, 6.07) is 0. The Labute approximate surface area is 84.3 Å². The summed E-state index contributed by atoms with van der Waals surface area (Å²) in [5.74, 6) is 0.380. The first kappa shape index (κ1) is 12.8. The molecule has 0 atom stereocenters. The third-order valence-electron chi connectivity index (χ3n) is 1.85. The van der Waals surface area contributed by atoms with Crippen molar-refractivity contribution in [3.8, 4) is 0 Å². The summed E-state index contributed by atoms with van der Waals surface area (Å²) < 4.78 is 0. The van der Waals surface area contributed by atoms with Crippen LogP contribution >= 0.6 is 11.8 Å². The fraction of sp³-hybridized carbons (Fsp3) is 0.889. The van der Waals surface area contributed by atoms with E-state index in [9.17, 15) is 4.79 Å². The van der Waals surface area contributed by atoms with Crippen LogP contribution in [0.2, 0.25) is 0 Å². The average molecular weight is 205 g/mol. The molecule has 0 heterocycles. The van der Waals surface area contributed by atoms with E-state index in [0.717, 1.165) is 18.7 Å². The number of carbonyl (C=O) groups is 1. The number of nitrogens with one attached hydrogen (secondary N) is 1. The Kier molecular flexibility index (Phi) is 6.16. The molecule has 0 aliphatic heterocycles. The second kappa shape index (κ2) is 6.27. The van der Waals surface area contributed by atoms with Gasteiger partial charge in [0.05, 0.1) is 5.41 Å². The maximum absolute atomic E-state index is 10.7. The molecule has 0 aromatic carbocycles. The molecule has 2 N–H and O–H groups in total. The van der Waals surface area contributed by atoms with Gasteiger partial charge in [-0.1, -0.05) is 0 Å². The summed E-state index contributed by atoms with van der Waals surface area (Å²) in [4.78, 5) is 10.7. The molecule has 0 rings (SSSR count). The predicted octanol–water partition coefficient (Wildman–Crippen LogP) is 1.44. The molecule has 0 saturated carbocycles. The molecule has 0 unspecified atom stereocenters. The van der Waals surface area contributed by atoms with Crippen LogP contribution in [0.1, 0.15) is 20.3 Å². The average Bonchev–Trinajstić information content (AvgIpc) is 2.03. The molecule has 0 radical (unpaired) electrons. The summed E-state index contributed by atoms with van der Waals surface area (Å²) in [7, 11) is 0. The molecule has 0 aromatic rings. The van der Waals surface area contributed by atoms with E-state index < -0.39 is 11.4 Å². The summed E-state index contributed by atoms with van der Waals surface area (Å²) in [5.41, 5.74) is -0.653. The lowest BCUT2D eigenvalue weighted by Crippen LogP contribution is -2.36. The van der Waals surface area contributed by atoms with Crippen molar-refractivity contribution >= 4 is 17.7 Å². The van der Waals surface area contributed by atoms with Gasteiger partial charge in [0.1, 0.15) is 0 Å². The molecule has 0 aliphatic carbocycles. The number of hydrogen-bond donors (Lipinski definition) is 2. The van der Waals surface area contributed by atoms with Crippen LogP contribution in [0.25, 0.3) is 0 Å². The predicted molar refractivity (Wildman–Crippen MR) is 57.3 cm³/mol. The van der Waals surface area contributed by atoms with Crippen molar-refractivity contribution in [1.29, 1.82) is 0 Å². The molecule has 0 bridgehead atoms. The topological polar surface area (TPSA) is 49.3 Å². The highest BCUT2D eigenvalue weighted by Gasteiger charge is 2.25. The Morgan fingerprint density at radius 1 is 1.54 bits per heavy atom. The molecule has 78 valence electrons. The lowest BCUT2D eigenvalue weighted by atomic mass is 9.94. The number of hydrogen-bond acceptors (Lipinski definition) is 3. The van der Waals surface area contributed by atoms with Crippen molar-refractivity contribution in [2.75, 3.05) is 25.1 Å². The fourth-order valence-electron chi connectivity index (χ4n) is 0.818. The van der Waals surface area contributed by atoms with Gasteiger partial charge in [-0.25, -0.2) is 0 Å². The molecule has 3 nitrogen and oxygen atoms in total. The molecular formula is C9H19NO2S. The molecule has 0 fully saturated rings. The smallest absolute Gasteiger partial charge is 0.310 e. The van der Waals surface area contributed by atoms with Gasteiger partial charge in [0.25, 0.3) is 0 Å². The first-order chi connectivity index (χ1) is 6.00. The normalized spacial score (nSPS) is 11.6. The van der Waals surface area contributed by atoms with Crippen molar-refractivity contribution < 1.29 is 9.90 Å². The van der Waals surface area contributed by atoms with Crippen molar-refractivity contribution in [2.24, 2.45) is 5.41 Å². The molecule has 0 spiro atoms. The number of aliphatic carboxylic acids is 1. The standard InChI is InChI=1S/C9H19NO2S/c1-9(2,8(11)12)7-10-5-4-6-13-3/h10H,4-7H2,1-3H3,(H,11,12). The monoisotopic (exact) mass is 205 g/mol. The first-order valence-electron chi connectivity index (χ1n) is 4.44. The number of rotatable bonds is 7. The number of carboxylic acids is 1. The Bertz CT molecular complexity index is 160. The van der Waals surface area contributed by atoms with Crippen molar-refractivity contribution in [3.05, 3.63) is 0 Å². The summed E-state index contributed by atoms with van der Waals surface area (Å²) in [5, 5.41) is 11.9. The molecule has 0 amide bonds. The minimum atomic E-state index is -0.745. The van der Waals surface area contributed by atoms with Crippen LogP contribution in [0.15, 0.2) is 0 Å². The van der Waals surface area contributed by atoms with Crippen LogP contribution in [-0.2, 0) is 4.79 Å². The van der Waals surface area contributed by atoms with Crippen LogP contribution in [0.3, 0.4) is 0 Å². The maximum Gasteiger partial charge on any atom is 0.310 e. The van der Waals surface area contributed by atoms with Crippen LogP contribution in [-0.4, -0.2) is 36.2 Å². The van der Waals surface area contributed by atoms with Crippen LogP contribution in [0, 0.1) is 5.41 Å². The second-order valence-corrected chi connectivity index (χ2v) is 4.70.